The maximum atomic E-state index is 13.3. The molecule has 0 aromatic heterocycles. The lowest BCUT2D eigenvalue weighted by molar-refractivity contribution is -0.138. The van der Waals surface area contributed by atoms with E-state index >= 15 is 0 Å². The summed E-state index contributed by atoms with van der Waals surface area (Å²) in [5.74, 6) is -3.53. The monoisotopic (exact) mass is 355 g/mol. The first-order valence-corrected chi connectivity index (χ1v) is 7.00. The molecule has 0 bridgehead atoms. The molecule has 0 N–H and O–H groups in total. The van der Waals surface area contributed by atoms with Crippen LogP contribution in [0.3, 0.4) is 0 Å². The summed E-state index contributed by atoms with van der Waals surface area (Å²) in [4.78, 5) is 1.12. The number of nitrogens with zero attached hydrogens (tertiary/aromatic N) is 1. The average Bonchev–Trinajstić information content (AvgIpc) is 2.84. The van der Waals surface area contributed by atoms with Crippen LogP contribution in [0, 0.1) is 0 Å². The Hall–Kier alpha value is -1.64. The summed E-state index contributed by atoms with van der Waals surface area (Å²) in [5.41, 5.74) is -1.08. The Balaban J connectivity index is 2.45. The highest BCUT2D eigenvalue weighted by molar-refractivity contribution is 7.80. The normalized spacial score (nSPS) is 17.3. The van der Waals surface area contributed by atoms with Crippen molar-refractivity contribution >= 4 is 17.2 Å². The van der Waals surface area contributed by atoms with Gasteiger partial charge in [-0.05, 0) is 12.1 Å². The highest BCUT2D eigenvalue weighted by Crippen LogP contribution is 2.43. The highest BCUT2D eigenvalue weighted by atomic mass is 32.1. The van der Waals surface area contributed by atoms with Crippen LogP contribution in [0.5, 0.6) is 11.5 Å². The minimum atomic E-state index is -4.70. The summed E-state index contributed by atoms with van der Waals surface area (Å²) in [6.45, 7) is -0.622. The van der Waals surface area contributed by atoms with Crippen LogP contribution in [0.15, 0.2) is 12.1 Å². The summed E-state index contributed by atoms with van der Waals surface area (Å²) in [5, 5.41) is 0. The molecule has 1 aromatic rings. The van der Waals surface area contributed by atoms with Crippen LogP contribution in [0.4, 0.5) is 22.0 Å². The molecule has 3 nitrogen and oxygen atoms in total. The smallest absolute Gasteiger partial charge is 0.420 e. The molecule has 0 aliphatic carbocycles. The van der Waals surface area contributed by atoms with E-state index in [1.54, 1.807) is 0 Å². The standard InChI is InChI=1S/C14H14F5NO2S/c1-21-10-6-8(5-9(11(10)22-2)14(17,18)19)12(23)20-4-3-13(15,16)7-20/h5-6H,3-4,7H2,1-2H3. The largest absolute Gasteiger partial charge is 0.493 e. The number of benzene rings is 1. The van der Waals surface area contributed by atoms with Crippen molar-refractivity contribution in [3.63, 3.8) is 0 Å². The van der Waals surface area contributed by atoms with Gasteiger partial charge < -0.3 is 14.4 Å². The van der Waals surface area contributed by atoms with Crippen LogP contribution in [0.1, 0.15) is 17.5 Å². The summed E-state index contributed by atoms with van der Waals surface area (Å²) < 4.78 is 75.8. The molecule has 1 fully saturated rings. The zero-order chi connectivity index (χ0) is 17.4. The molecule has 1 aromatic carbocycles. The summed E-state index contributed by atoms with van der Waals surface area (Å²) in [6.07, 6.45) is -5.08. The van der Waals surface area contributed by atoms with Crippen LogP contribution >= 0.6 is 12.2 Å². The lowest BCUT2D eigenvalue weighted by Gasteiger charge is -2.22. The molecule has 0 unspecified atom stereocenters. The molecule has 0 radical (unpaired) electrons. The number of likely N-dealkylation sites (tertiary alicyclic amines) is 1. The molecule has 9 heteroatoms. The fraction of sp³-hybridized carbons (Fsp3) is 0.500. The molecule has 0 atom stereocenters. The third-order valence-corrected chi connectivity index (χ3v) is 3.98. The number of methoxy groups -OCH3 is 2. The Morgan fingerprint density at radius 2 is 1.87 bits per heavy atom. The van der Waals surface area contributed by atoms with Gasteiger partial charge in [0.1, 0.15) is 10.6 Å². The molecule has 23 heavy (non-hydrogen) atoms. The number of ether oxygens (including phenoxy) is 2. The van der Waals surface area contributed by atoms with Crippen molar-refractivity contribution < 1.29 is 31.4 Å². The zero-order valence-corrected chi connectivity index (χ0v) is 13.2. The maximum Gasteiger partial charge on any atom is 0.420 e. The van der Waals surface area contributed by atoms with Gasteiger partial charge in [-0.25, -0.2) is 8.78 Å². The lowest BCUT2D eigenvalue weighted by atomic mass is 10.1. The van der Waals surface area contributed by atoms with E-state index in [4.69, 9.17) is 21.7 Å². The number of hydrogen-bond donors (Lipinski definition) is 0. The van der Waals surface area contributed by atoms with E-state index in [2.05, 4.69) is 0 Å². The summed E-state index contributed by atoms with van der Waals surface area (Å²) >= 11 is 5.08. The number of halogens is 5. The number of thiocarbonyl (C=S) groups is 1. The van der Waals surface area contributed by atoms with Gasteiger partial charge in [0.05, 0.1) is 20.8 Å². The van der Waals surface area contributed by atoms with E-state index in [-0.39, 0.29) is 29.3 Å². The Morgan fingerprint density at radius 3 is 2.30 bits per heavy atom. The van der Waals surface area contributed by atoms with Crippen LogP contribution in [0.2, 0.25) is 0 Å². The van der Waals surface area contributed by atoms with E-state index in [1.807, 2.05) is 0 Å². The highest BCUT2D eigenvalue weighted by Gasteiger charge is 2.41. The zero-order valence-electron chi connectivity index (χ0n) is 12.3. The number of rotatable bonds is 3. The minimum Gasteiger partial charge on any atom is -0.493 e. The fourth-order valence-electron chi connectivity index (χ4n) is 2.39. The predicted molar refractivity (Wildman–Crippen MR) is 77.4 cm³/mol. The Labute approximate surface area is 135 Å². The predicted octanol–water partition coefficient (Wildman–Crippen LogP) is 3.74. The second-order valence-electron chi connectivity index (χ2n) is 5.09. The van der Waals surface area contributed by atoms with E-state index in [9.17, 15) is 22.0 Å². The molecular formula is C14H14F5NO2S. The molecule has 1 heterocycles. The van der Waals surface area contributed by atoms with Crippen molar-refractivity contribution in [2.75, 3.05) is 27.3 Å². The van der Waals surface area contributed by atoms with Crippen molar-refractivity contribution in [2.45, 2.75) is 18.5 Å². The minimum absolute atomic E-state index is 0.0114. The van der Waals surface area contributed by atoms with Gasteiger partial charge in [-0.1, -0.05) is 12.2 Å². The Bertz CT molecular complexity index is 618. The molecule has 1 saturated heterocycles. The SMILES string of the molecule is COc1cc(C(=S)N2CCC(F)(F)C2)cc(C(F)(F)F)c1OC. The third-order valence-electron chi connectivity index (χ3n) is 3.49. The van der Waals surface area contributed by atoms with Gasteiger partial charge in [0.2, 0.25) is 0 Å². The van der Waals surface area contributed by atoms with Crippen LogP contribution < -0.4 is 9.47 Å². The fourth-order valence-corrected chi connectivity index (χ4v) is 2.66. The molecule has 2 rings (SSSR count). The van der Waals surface area contributed by atoms with Crippen LogP contribution in [-0.2, 0) is 6.18 Å². The quantitative estimate of drug-likeness (QED) is 0.608. The van der Waals surface area contributed by atoms with Crippen LogP contribution in [-0.4, -0.2) is 43.1 Å². The second-order valence-corrected chi connectivity index (χ2v) is 5.48. The van der Waals surface area contributed by atoms with Crippen molar-refractivity contribution in [3.05, 3.63) is 23.3 Å². The van der Waals surface area contributed by atoms with Gasteiger partial charge in [0.25, 0.3) is 5.92 Å². The first-order valence-electron chi connectivity index (χ1n) is 6.59. The lowest BCUT2D eigenvalue weighted by Crippen LogP contribution is -2.31. The Morgan fingerprint density at radius 1 is 1.22 bits per heavy atom. The molecule has 1 aliphatic heterocycles. The molecule has 128 valence electrons. The molecule has 0 saturated carbocycles. The van der Waals surface area contributed by atoms with Gasteiger partial charge >= 0.3 is 6.18 Å². The molecule has 1 aliphatic rings. The van der Waals surface area contributed by atoms with Crippen molar-refractivity contribution in [1.29, 1.82) is 0 Å². The van der Waals surface area contributed by atoms with Gasteiger partial charge in [0, 0.05) is 18.5 Å². The van der Waals surface area contributed by atoms with E-state index < -0.39 is 30.0 Å². The third kappa shape index (κ3) is 3.65. The van der Waals surface area contributed by atoms with Gasteiger partial charge in [-0.2, -0.15) is 13.2 Å². The average molecular weight is 355 g/mol. The molecule has 0 amide bonds. The number of alkyl halides is 5. The number of hydrogen-bond acceptors (Lipinski definition) is 3. The van der Waals surface area contributed by atoms with Gasteiger partial charge in [0.15, 0.2) is 11.5 Å². The molecular weight excluding hydrogens is 341 g/mol. The van der Waals surface area contributed by atoms with Crippen molar-refractivity contribution in [1.82, 2.24) is 4.90 Å². The second kappa shape index (κ2) is 6.10. The Kier molecular flexibility index (Phi) is 4.70. The summed E-state index contributed by atoms with van der Waals surface area (Å²) in [7, 11) is 2.28. The van der Waals surface area contributed by atoms with E-state index in [0.29, 0.717) is 0 Å². The topological polar surface area (TPSA) is 21.7 Å². The van der Waals surface area contributed by atoms with Gasteiger partial charge in [-0.15, -0.1) is 0 Å². The molecule has 0 spiro atoms. The van der Waals surface area contributed by atoms with E-state index in [1.165, 1.54) is 18.1 Å². The van der Waals surface area contributed by atoms with Crippen molar-refractivity contribution in [2.24, 2.45) is 0 Å². The van der Waals surface area contributed by atoms with Crippen LogP contribution in [0.25, 0.3) is 0 Å². The van der Waals surface area contributed by atoms with E-state index in [0.717, 1.165) is 13.2 Å². The van der Waals surface area contributed by atoms with Gasteiger partial charge in [-0.3, -0.25) is 0 Å². The van der Waals surface area contributed by atoms with Crippen molar-refractivity contribution in [3.8, 4) is 11.5 Å². The maximum absolute atomic E-state index is 13.3. The summed E-state index contributed by atoms with van der Waals surface area (Å²) in [6, 6.07) is 2.05. The first-order chi connectivity index (χ1) is 10.6. The first kappa shape index (κ1) is 17.7.